The number of rotatable bonds is 3. The van der Waals surface area contributed by atoms with Gasteiger partial charge in [0, 0.05) is 4.75 Å². The summed E-state index contributed by atoms with van der Waals surface area (Å²) in [6, 6.07) is 0. The van der Waals surface area contributed by atoms with Gasteiger partial charge < -0.3 is 9.29 Å². The van der Waals surface area contributed by atoms with Crippen LogP contribution >= 0.6 is 0 Å². The quantitative estimate of drug-likeness (QED) is 0.438. The number of hydrogen-bond acceptors (Lipinski definition) is 3. The molecule has 3 nitrogen and oxygen atoms in total. The summed E-state index contributed by atoms with van der Waals surface area (Å²) in [5, 5.41) is 0. The van der Waals surface area contributed by atoms with E-state index in [0.717, 1.165) is 25.9 Å². The largest absolute Gasteiger partial charge is 0.772 e. The fourth-order valence-electron chi connectivity index (χ4n) is 1.18. The Kier molecular flexibility index (Phi) is 1.37. The van der Waals surface area contributed by atoms with Crippen LogP contribution in [0.3, 0.4) is 0 Å². The van der Waals surface area contributed by atoms with Crippen molar-refractivity contribution in [2.24, 2.45) is 0 Å². The second-order valence-corrected chi connectivity index (χ2v) is 4.41. The summed E-state index contributed by atoms with van der Waals surface area (Å²) in [6.07, 6.45) is 2.65. The number of epoxide rings is 1. The lowest BCUT2D eigenvalue weighted by Gasteiger charge is -2.16. The number of hydrogen-bond donors (Lipinski definition) is 0. The maximum absolute atomic E-state index is 10.6. The highest BCUT2D eigenvalue weighted by Crippen LogP contribution is 2.46. The van der Waals surface area contributed by atoms with Crippen molar-refractivity contribution in [3.05, 3.63) is 0 Å². The SMILES string of the molecule is O=S([O-])C1(C[C@H]2CO2)CC1. The normalized spacial score (nSPS) is 37.1. The van der Waals surface area contributed by atoms with Crippen LogP contribution in [0.4, 0.5) is 0 Å². The van der Waals surface area contributed by atoms with E-state index in [1.165, 1.54) is 0 Å². The lowest BCUT2D eigenvalue weighted by molar-refractivity contribution is 0.386. The van der Waals surface area contributed by atoms with E-state index in [1.54, 1.807) is 0 Å². The minimum atomic E-state index is -1.88. The summed E-state index contributed by atoms with van der Waals surface area (Å²) in [7, 11) is 0. The van der Waals surface area contributed by atoms with Gasteiger partial charge in [0.2, 0.25) is 0 Å². The highest BCUT2D eigenvalue weighted by Gasteiger charge is 2.48. The van der Waals surface area contributed by atoms with Gasteiger partial charge in [0.05, 0.1) is 12.7 Å². The van der Waals surface area contributed by atoms with Gasteiger partial charge in [-0.25, -0.2) is 0 Å². The molecule has 0 aromatic heterocycles. The second kappa shape index (κ2) is 2.03. The molecule has 0 N–H and O–H groups in total. The molecule has 2 atom stereocenters. The molecule has 1 saturated carbocycles. The van der Waals surface area contributed by atoms with Crippen molar-refractivity contribution in [1.29, 1.82) is 0 Å². The molecule has 0 aromatic carbocycles. The topological polar surface area (TPSA) is 52.7 Å². The van der Waals surface area contributed by atoms with Crippen molar-refractivity contribution in [2.45, 2.75) is 30.1 Å². The molecule has 1 heterocycles. The lowest BCUT2D eigenvalue weighted by atomic mass is 10.2. The van der Waals surface area contributed by atoms with Crippen LogP contribution < -0.4 is 0 Å². The van der Waals surface area contributed by atoms with Gasteiger partial charge in [-0.05, 0) is 30.3 Å². The van der Waals surface area contributed by atoms with E-state index in [0.29, 0.717) is 0 Å². The van der Waals surface area contributed by atoms with Crippen LogP contribution in [0.15, 0.2) is 0 Å². The predicted molar refractivity (Wildman–Crippen MR) is 35.2 cm³/mol. The molecule has 1 saturated heterocycles. The van der Waals surface area contributed by atoms with Crippen molar-refractivity contribution in [3.63, 3.8) is 0 Å². The molecule has 0 radical (unpaired) electrons. The summed E-state index contributed by atoms with van der Waals surface area (Å²) in [5.41, 5.74) is 0. The van der Waals surface area contributed by atoms with Crippen molar-refractivity contribution in [1.82, 2.24) is 0 Å². The van der Waals surface area contributed by atoms with Gasteiger partial charge >= 0.3 is 0 Å². The molecule has 0 spiro atoms. The maximum atomic E-state index is 10.6. The van der Waals surface area contributed by atoms with Crippen LogP contribution in [0.25, 0.3) is 0 Å². The zero-order valence-electron chi connectivity index (χ0n) is 5.54. The average Bonchev–Trinajstić information content (AvgIpc) is 2.65. The third-order valence-electron chi connectivity index (χ3n) is 2.16. The Bertz CT molecular complexity index is 172. The molecule has 2 rings (SSSR count). The van der Waals surface area contributed by atoms with Crippen molar-refractivity contribution >= 4 is 11.1 Å². The highest BCUT2D eigenvalue weighted by molar-refractivity contribution is 7.81. The van der Waals surface area contributed by atoms with E-state index in [9.17, 15) is 8.76 Å². The molecule has 0 bridgehead atoms. The summed E-state index contributed by atoms with van der Waals surface area (Å²) >= 11 is -1.88. The molecule has 1 aliphatic heterocycles. The molecule has 2 aliphatic rings. The van der Waals surface area contributed by atoms with Crippen LogP contribution in [0, 0.1) is 0 Å². The molecule has 4 heteroatoms. The van der Waals surface area contributed by atoms with Crippen LogP contribution in [0.5, 0.6) is 0 Å². The summed E-state index contributed by atoms with van der Waals surface area (Å²) in [5.74, 6) is 0. The minimum Gasteiger partial charge on any atom is -0.772 e. The van der Waals surface area contributed by atoms with Gasteiger partial charge in [-0.1, -0.05) is 0 Å². The Morgan fingerprint density at radius 1 is 1.70 bits per heavy atom. The smallest absolute Gasteiger partial charge is 0.0823 e. The van der Waals surface area contributed by atoms with Crippen molar-refractivity contribution in [2.75, 3.05) is 6.61 Å². The zero-order valence-corrected chi connectivity index (χ0v) is 6.36. The Morgan fingerprint density at radius 2 is 2.30 bits per heavy atom. The molecule has 2 fully saturated rings. The van der Waals surface area contributed by atoms with Crippen molar-refractivity contribution < 1.29 is 13.5 Å². The second-order valence-electron chi connectivity index (χ2n) is 3.08. The third kappa shape index (κ3) is 1.11. The predicted octanol–water partition coefficient (Wildman–Crippen LogP) is 0.187. The first kappa shape index (κ1) is 6.76. The zero-order chi connectivity index (χ0) is 7.19. The monoisotopic (exact) mass is 161 g/mol. The van der Waals surface area contributed by atoms with Crippen LogP contribution in [-0.2, 0) is 15.8 Å². The molecule has 1 unspecified atom stereocenters. The highest BCUT2D eigenvalue weighted by atomic mass is 32.2. The maximum Gasteiger partial charge on any atom is 0.0823 e. The minimum absolute atomic E-state index is 0.250. The first-order chi connectivity index (χ1) is 4.73. The Hall–Kier alpha value is 0.0700. The van der Waals surface area contributed by atoms with Crippen molar-refractivity contribution in [3.8, 4) is 0 Å². The van der Waals surface area contributed by atoms with Gasteiger partial charge in [0.25, 0.3) is 0 Å². The molecule has 0 aromatic rings. The molecule has 1 aliphatic carbocycles. The Morgan fingerprint density at radius 3 is 2.60 bits per heavy atom. The van der Waals surface area contributed by atoms with E-state index in [1.807, 2.05) is 0 Å². The summed E-state index contributed by atoms with van der Waals surface area (Å²) in [6.45, 7) is 0.763. The standard InChI is InChI=1S/C6H10O3S/c7-10(8)6(1-2-6)3-5-4-9-5/h5H,1-4H2,(H,7,8)/p-1/t5-/m0/s1. The Balaban J connectivity index is 1.93. The van der Waals surface area contributed by atoms with Gasteiger partial charge in [-0.3, -0.25) is 4.21 Å². The van der Waals surface area contributed by atoms with E-state index in [-0.39, 0.29) is 10.9 Å². The summed E-state index contributed by atoms with van der Waals surface area (Å²) < 4.78 is 25.8. The molecule has 58 valence electrons. The van der Waals surface area contributed by atoms with E-state index in [2.05, 4.69) is 0 Å². The van der Waals surface area contributed by atoms with E-state index in [4.69, 9.17) is 4.74 Å². The van der Waals surface area contributed by atoms with Gasteiger partial charge in [0.1, 0.15) is 0 Å². The van der Waals surface area contributed by atoms with Gasteiger partial charge in [-0.2, -0.15) is 0 Å². The first-order valence-electron chi connectivity index (χ1n) is 3.44. The van der Waals surface area contributed by atoms with Gasteiger partial charge in [-0.15, -0.1) is 0 Å². The van der Waals surface area contributed by atoms with E-state index >= 15 is 0 Å². The number of ether oxygens (including phenoxy) is 1. The van der Waals surface area contributed by atoms with Crippen LogP contribution in [0.2, 0.25) is 0 Å². The lowest BCUT2D eigenvalue weighted by Crippen LogP contribution is -2.18. The molecular formula is C6H9O3S-. The fourth-order valence-corrected chi connectivity index (χ4v) is 1.94. The molecular weight excluding hydrogens is 152 g/mol. The first-order valence-corrected chi connectivity index (χ1v) is 4.51. The van der Waals surface area contributed by atoms with Gasteiger partial charge in [0.15, 0.2) is 0 Å². The third-order valence-corrected chi connectivity index (χ3v) is 3.45. The fraction of sp³-hybridized carbons (Fsp3) is 1.00. The molecule has 0 amide bonds. The molecule has 10 heavy (non-hydrogen) atoms. The summed E-state index contributed by atoms with van der Waals surface area (Å²) in [4.78, 5) is 0. The van der Waals surface area contributed by atoms with Crippen LogP contribution in [-0.4, -0.2) is 26.2 Å². The van der Waals surface area contributed by atoms with Crippen LogP contribution in [0.1, 0.15) is 19.3 Å². The van der Waals surface area contributed by atoms with E-state index < -0.39 is 11.1 Å². The average molecular weight is 161 g/mol. The Labute approximate surface area is 62.0 Å².